The number of aryl methyl sites for hydroxylation is 1. The van der Waals surface area contributed by atoms with Crippen molar-refractivity contribution in [3.8, 4) is 5.75 Å². The van der Waals surface area contributed by atoms with Crippen LogP contribution in [0.4, 0.5) is 5.13 Å². The van der Waals surface area contributed by atoms with Gasteiger partial charge in [-0.15, -0.1) is 11.8 Å². The van der Waals surface area contributed by atoms with Gasteiger partial charge in [-0.1, -0.05) is 29.0 Å². The van der Waals surface area contributed by atoms with Crippen molar-refractivity contribution >= 4 is 44.4 Å². The van der Waals surface area contributed by atoms with Gasteiger partial charge in [-0.25, -0.2) is 4.98 Å². The van der Waals surface area contributed by atoms with Crippen LogP contribution in [0.15, 0.2) is 47.4 Å². The monoisotopic (exact) mass is 499 g/mol. The first-order valence-electron chi connectivity index (χ1n) is 11.9. The smallest absolute Gasteiger partial charge is 0.228 e. The number of anilines is 1. The fraction of sp³-hybridized carbons (Fsp3) is 0.462. The number of ether oxygens (including phenoxy) is 2. The zero-order valence-electron chi connectivity index (χ0n) is 20.0. The van der Waals surface area contributed by atoms with Gasteiger partial charge in [-0.3, -0.25) is 14.6 Å². The third-order valence-electron chi connectivity index (χ3n) is 5.90. The van der Waals surface area contributed by atoms with Gasteiger partial charge in [-0.05, 0) is 49.8 Å². The highest BCUT2D eigenvalue weighted by atomic mass is 32.2. The Morgan fingerprint density at radius 2 is 1.97 bits per heavy atom. The molecule has 4 rings (SSSR count). The lowest BCUT2D eigenvalue weighted by Crippen LogP contribution is -2.39. The van der Waals surface area contributed by atoms with E-state index in [-0.39, 0.29) is 5.91 Å². The molecular formula is C26H33N3O3S2. The van der Waals surface area contributed by atoms with Crippen molar-refractivity contribution in [2.24, 2.45) is 0 Å². The third kappa shape index (κ3) is 6.95. The summed E-state index contributed by atoms with van der Waals surface area (Å²) < 4.78 is 11.9. The summed E-state index contributed by atoms with van der Waals surface area (Å²) in [6.07, 6.45) is 2.29. The van der Waals surface area contributed by atoms with Crippen LogP contribution in [0.3, 0.4) is 0 Å². The highest BCUT2D eigenvalue weighted by Gasteiger charge is 2.20. The van der Waals surface area contributed by atoms with E-state index >= 15 is 0 Å². The zero-order valence-corrected chi connectivity index (χ0v) is 21.6. The van der Waals surface area contributed by atoms with Crippen molar-refractivity contribution in [1.82, 2.24) is 9.88 Å². The van der Waals surface area contributed by atoms with Crippen molar-refractivity contribution in [1.29, 1.82) is 0 Å². The van der Waals surface area contributed by atoms with Crippen LogP contribution in [-0.2, 0) is 9.53 Å². The minimum atomic E-state index is 0.150. The highest BCUT2D eigenvalue weighted by molar-refractivity contribution is 7.99. The van der Waals surface area contributed by atoms with E-state index in [1.807, 2.05) is 34.9 Å². The largest absolute Gasteiger partial charge is 0.497 e. The number of carbonyl (C=O) groups excluding carboxylic acids is 1. The molecule has 0 bridgehead atoms. The average molecular weight is 500 g/mol. The molecular weight excluding hydrogens is 466 g/mol. The molecule has 1 aliphatic rings. The predicted octanol–water partition coefficient (Wildman–Crippen LogP) is 5.24. The summed E-state index contributed by atoms with van der Waals surface area (Å²) in [5.41, 5.74) is 2.14. The number of rotatable bonds is 11. The Morgan fingerprint density at radius 1 is 1.18 bits per heavy atom. The van der Waals surface area contributed by atoms with Crippen molar-refractivity contribution < 1.29 is 14.3 Å². The second-order valence-corrected chi connectivity index (χ2v) is 10.6. The summed E-state index contributed by atoms with van der Waals surface area (Å²) in [7, 11) is 1.66. The maximum absolute atomic E-state index is 13.3. The minimum Gasteiger partial charge on any atom is -0.497 e. The number of hydrogen-bond acceptors (Lipinski definition) is 7. The molecule has 6 nitrogen and oxygen atoms in total. The van der Waals surface area contributed by atoms with Crippen LogP contribution in [0, 0.1) is 6.92 Å². The molecule has 0 unspecified atom stereocenters. The number of aromatic nitrogens is 1. The Balaban J connectivity index is 1.38. The van der Waals surface area contributed by atoms with Gasteiger partial charge in [0, 0.05) is 43.6 Å². The van der Waals surface area contributed by atoms with E-state index in [2.05, 4.69) is 36.1 Å². The summed E-state index contributed by atoms with van der Waals surface area (Å²) in [5, 5.41) is 0.779. The van der Waals surface area contributed by atoms with Crippen molar-refractivity contribution in [2.75, 3.05) is 57.2 Å². The van der Waals surface area contributed by atoms with E-state index in [9.17, 15) is 4.79 Å². The quantitative estimate of drug-likeness (QED) is 0.266. The maximum Gasteiger partial charge on any atom is 0.228 e. The van der Waals surface area contributed by atoms with Crippen LogP contribution >= 0.6 is 23.1 Å². The Bertz CT molecular complexity index is 1060. The average Bonchev–Trinajstić information content (AvgIpc) is 3.29. The molecule has 1 aliphatic heterocycles. The van der Waals surface area contributed by atoms with Gasteiger partial charge in [0.05, 0.1) is 30.5 Å². The van der Waals surface area contributed by atoms with Crippen LogP contribution in [0.2, 0.25) is 0 Å². The van der Waals surface area contributed by atoms with Crippen molar-refractivity contribution in [3.63, 3.8) is 0 Å². The van der Waals surface area contributed by atoms with E-state index < -0.39 is 0 Å². The zero-order chi connectivity index (χ0) is 23.8. The lowest BCUT2D eigenvalue weighted by molar-refractivity contribution is -0.118. The fourth-order valence-corrected chi connectivity index (χ4v) is 5.77. The van der Waals surface area contributed by atoms with E-state index in [4.69, 9.17) is 14.5 Å². The van der Waals surface area contributed by atoms with Gasteiger partial charge in [0.25, 0.3) is 0 Å². The SMILES string of the molecule is COc1ccc2sc(N(CCCN3CCOCC3)C(=O)CCCSc3ccc(C)cc3)nc2c1. The van der Waals surface area contributed by atoms with Gasteiger partial charge in [0.1, 0.15) is 5.75 Å². The molecule has 2 heterocycles. The van der Waals surface area contributed by atoms with E-state index in [1.54, 1.807) is 18.4 Å². The van der Waals surface area contributed by atoms with Gasteiger partial charge in [0.2, 0.25) is 5.91 Å². The highest BCUT2D eigenvalue weighted by Crippen LogP contribution is 2.32. The summed E-state index contributed by atoms with van der Waals surface area (Å²) in [6.45, 7) is 7.25. The molecule has 1 saturated heterocycles. The third-order valence-corrected chi connectivity index (χ3v) is 8.06. The number of morpholine rings is 1. The van der Waals surface area contributed by atoms with Crippen molar-refractivity contribution in [2.45, 2.75) is 31.1 Å². The second kappa shape index (κ2) is 12.5. The Labute approximate surface area is 210 Å². The van der Waals surface area contributed by atoms with Crippen LogP contribution in [0.1, 0.15) is 24.8 Å². The van der Waals surface area contributed by atoms with E-state index in [0.29, 0.717) is 13.0 Å². The number of fused-ring (bicyclic) bond motifs is 1. The van der Waals surface area contributed by atoms with Gasteiger partial charge in [-0.2, -0.15) is 0 Å². The number of hydrogen-bond donors (Lipinski definition) is 0. The number of thioether (sulfide) groups is 1. The van der Waals surface area contributed by atoms with Crippen LogP contribution in [0.25, 0.3) is 10.2 Å². The molecule has 0 aliphatic carbocycles. The normalized spacial score (nSPS) is 14.4. The molecule has 0 radical (unpaired) electrons. The number of benzene rings is 2. The van der Waals surface area contributed by atoms with Crippen LogP contribution in [-0.4, -0.2) is 68.0 Å². The summed E-state index contributed by atoms with van der Waals surface area (Å²) in [4.78, 5) is 23.7. The number of amides is 1. The summed E-state index contributed by atoms with van der Waals surface area (Å²) >= 11 is 3.38. The fourth-order valence-electron chi connectivity index (χ4n) is 3.92. The number of thiazole rings is 1. The molecule has 0 spiro atoms. The Kier molecular flexibility index (Phi) is 9.21. The Morgan fingerprint density at radius 3 is 2.74 bits per heavy atom. The topological polar surface area (TPSA) is 54.9 Å². The predicted molar refractivity (Wildman–Crippen MR) is 142 cm³/mol. The van der Waals surface area contributed by atoms with Gasteiger partial charge >= 0.3 is 0 Å². The Hall–Kier alpha value is -2.13. The number of methoxy groups -OCH3 is 1. The molecule has 1 amide bonds. The molecule has 8 heteroatoms. The summed E-state index contributed by atoms with van der Waals surface area (Å²) in [6, 6.07) is 14.5. The molecule has 0 N–H and O–H groups in total. The first kappa shape index (κ1) is 25.0. The lowest BCUT2D eigenvalue weighted by atomic mass is 10.2. The minimum absolute atomic E-state index is 0.150. The summed E-state index contributed by atoms with van der Waals surface area (Å²) in [5.74, 6) is 1.85. The molecule has 3 aromatic rings. The molecule has 1 aromatic heterocycles. The molecule has 1 fully saturated rings. The van der Waals surface area contributed by atoms with E-state index in [1.165, 1.54) is 10.5 Å². The number of carbonyl (C=O) groups is 1. The van der Waals surface area contributed by atoms with Gasteiger partial charge < -0.3 is 9.47 Å². The lowest BCUT2D eigenvalue weighted by Gasteiger charge is -2.27. The maximum atomic E-state index is 13.3. The van der Waals surface area contributed by atoms with Gasteiger partial charge in [0.15, 0.2) is 5.13 Å². The number of nitrogens with zero attached hydrogens (tertiary/aromatic N) is 3. The molecule has 2 aromatic carbocycles. The molecule has 0 saturated carbocycles. The van der Waals surface area contributed by atoms with Crippen LogP contribution in [0.5, 0.6) is 5.75 Å². The van der Waals surface area contributed by atoms with Crippen LogP contribution < -0.4 is 9.64 Å². The molecule has 182 valence electrons. The first-order valence-corrected chi connectivity index (χ1v) is 13.7. The standard InChI is InChI=1S/C26H33N3O3S2/c1-20-6-9-22(10-7-20)33-18-3-5-25(30)29(13-4-12-28-14-16-32-17-15-28)26-27-23-19-21(31-2)8-11-24(23)34-26/h6-11,19H,3-5,12-18H2,1-2H3. The molecule has 0 atom stereocenters. The molecule has 34 heavy (non-hydrogen) atoms. The van der Waals surface area contributed by atoms with E-state index in [0.717, 1.165) is 72.5 Å². The first-order chi connectivity index (χ1) is 16.6. The van der Waals surface area contributed by atoms with Crippen molar-refractivity contribution in [3.05, 3.63) is 48.0 Å². The second-order valence-electron chi connectivity index (χ2n) is 8.45.